The Morgan fingerprint density at radius 3 is 2.89 bits per heavy atom. The molecule has 1 N–H and O–H groups in total. The van der Waals surface area contributed by atoms with Gasteiger partial charge in [-0.3, -0.25) is 9.88 Å². The molecule has 1 aliphatic heterocycles. The molecule has 1 aliphatic rings. The monoisotopic (exact) mass is 261 g/mol. The minimum Gasteiger partial charge on any atom is -0.311 e. The van der Waals surface area contributed by atoms with Crippen molar-refractivity contribution in [1.29, 1.82) is 0 Å². The summed E-state index contributed by atoms with van der Waals surface area (Å²) < 4.78 is 0. The molecular formula is C16H27N3. The summed E-state index contributed by atoms with van der Waals surface area (Å²) >= 11 is 0. The van der Waals surface area contributed by atoms with Gasteiger partial charge in [-0.15, -0.1) is 0 Å². The molecule has 0 amide bonds. The van der Waals surface area contributed by atoms with Gasteiger partial charge >= 0.3 is 0 Å². The summed E-state index contributed by atoms with van der Waals surface area (Å²) in [6.45, 7) is 12.4. The molecule has 1 saturated heterocycles. The minimum absolute atomic E-state index is 0.196. The fraction of sp³-hybridized carbons (Fsp3) is 0.688. The van der Waals surface area contributed by atoms with E-state index in [1.807, 2.05) is 12.3 Å². The molecule has 2 atom stereocenters. The molecule has 2 heterocycles. The topological polar surface area (TPSA) is 28.2 Å². The summed E-state index contributed by atoms with van der Waals surface area (Å²) in [5.41, 5.74) is 1.36. The maximum Gasteiger partial charge on any atom is 0.0544 e. The lowest BCUT2D eigenvalue weighted by molar-refractivity contribution is 0.0438. The Morgan fingerprint density at radius 2 is 2.26 bits per heavy atom. The summed E-state index contributed by atoms with van der Waals surface area (Å²) in [5, 5.41) is 3.71. The lowest BCUT2D eigenvalue weighted by Gasteiger charge is -2.47. The van der Waals surface area contributed by atoms with Gasteiger partial charge in [0.15, 0.2) is 0 Å². The molecule has 3 nitrogen and oxygen atoms in total. The minimum atomic E-state index is 0.196. The zero-order valence-corrected chi connectivity index (χ0v) is 12.7. The summed E-state index contributed by atoms with van der Waals surface area (Å²) in [5.74, 6) is 0.724. The summed E-state index contributed by atoms with van der Waals surface area (Å²) in [4.78, 5) is 7.04. The van der Waals surface area contributed by atoms with Crippen molar-refractivity contribution >= 4 is 0 Å². The van der Waals surface area contributed by atoms with Gasteiger partial charge in [0.25, 0.3) is 0 Å². The molecule has 1 aromatic heterocycles. The molecule has 106 valence electrons. The molecule has 0 radical (unpaired) electrons. The first-order valence-corrected chi connectivity index (χ1v) is 7.41. The Labute approximate surface area is 117 Å². The molecule has 2 unspecified atom stereocenters. The lowest BCUT2D eigenvalue weighted by Crippen LogP contribution is -2.62. The van der Waals surface area contributed by atoms with E-state index < -0.39 is 0 Å². The molecule has 0 aliphatic carbocycles. The summed E-state index contributed by atoms with van der Waals surface area (Å²) in [7, 11) is 0. The van der Waals surface area contributed by atoms with E-state index in [-0.39, 0.29) is 5.54 Å². The van der Waals surface area contributed by atoms with Crippen molar-refractivity contribution in [3.63, 3.8) is 0 Å². The predicted molar refractivity (Wildman–Crippen MR) is 80.0 cm³/mol. The van der Waals surface area contributed by atoms with Gasteiger partial charge in [-0.2, -0.15) is 0 Å². The van der Waals surface area contributed by atoms with E-state index in [4.69, 9.17) is 0 Å². The van der Waals surface area contributed by atoms with Crippen LogP contribution in [-0.4, -0.2) is 34.6 Å². The van der Waals surface area contributed by atoms with Gasteiger partial charge in [-0.1, -0.05) is 26.3 Å². The molecule has 0 bridgehead atoms. The number of hydrogen-bond acceptors (Lipinski definition) is 3. The van der Waals surface area contributed by atoms with Crippen molar-refractivity contribution < 1.29 is 0 Å². The third kappa shape index (κ3) is 3.54. The number of nitrogens with one attached hydrogen (secondary N) is 1. The van der Waals surface area contributed by atoms with Gasteiger partial charge in [0, 0.05) is 37.4 Å². The Hall–Kier alpha value is -0.930. The van der Waals surface area contributed by atoms with Crippen LogP contribution >= 0.6 is 0 Å². The number of piperazine rings is 1. The van der Waals surface area contributed by atoms with Gasteiger partial charge in [0.05, 0.1) is 5.69 Å². The first-order chi connectivity index (χ1) is 9.03. The van der Waals surface area contributed by atoms with Crippen molar-refractivity contribution in [3.8, 4) is 0 Å². The Morgan fingerprint density at radius 1 is 1.47 bits per heavy atom. The van der Waals surface area contributed by atoms with E-state index in [1.165, 1.54) is 12.1 Å². The van der Waals surface area contributed by atoms with E-state index in [2.05, 4.69) is 55.0 Å². The fourth-order valence-electron chi connectivity index (χ4n) is 2.67. The van der Waals surface area contributed by atoms with E-state index in [0.717, 1.165) is 25.6 Å². The largest absolute Gasteiger partial charge is 0.311 e. The number of hydrogen-bond donors (Lipinski definition) is 1. The zero-order chi connectivity index (χ0) is 13.9. The second kappa shape index (κ2) is 6.02. The SMILES string of the molecule is CCC(C)C1CN(Cc2ccccn2)C(C)(C)CN1. The molecular weight excluding hydrogens is 234 g/mol. The smallest absolute Gasteiger partial charge is 0.0544 e. The van der Waals surface area contributed by atoms with Gasteiger partial charge in [-0.25, -0.2) is 0 Å². The van der Waals surface area contributed by atoms with Crippen molar-refractivity contribution in [1.82, 2.24) is 15.2 Å². The lowest BCUT2D eigenvalue weighted by atomic mass is 9.90. The van der Waals surface area contributed by atoms with Crippen LogP contribution in [0.3, 0.4) is 0 Å². The molecule has 0 aromatic carbocycles. The van der Waals surface area contributed by atoms with Crippen LogP contribution in [0.5, 0.6) is 0 Å². The van der Waals surface area contributed by atoms with Crippen molar-refractivity contribution in [2.45, 2.75) is 52.2 Å². The van der Waals surface area contributed by atoms with Gasteiger partial charge in [0.1, 0.15) is 0 Å². The van der Waals surface area contributed by atoms with Crippen LogP contribution in [0.2, 0.25) is 0 Å². The number of nitrogens with zero attached hydrogens (tertiary/aromatic N) is 2. The third-order valence-electron chi connectivity index (χ3n) is 4.48. The first-order valence-electron chi connectivity index (χ1n) is 7.41. The van der Waals surface area contributed by atoms with Crippen LogP contribution in [0.4, 0.5) is 0 Å². The number of pyridine rings is 1. The van der Waals surface area contributed by atoms with Crippen molar-refractivity contribution in [2.24, 2.45) is 5.92 Å². The highest BCUT2D eigenvalue weighted by Gasteiger charge is 2.35. The van der Waals surface area contributed by atoms with E-state index >= 15 is 0 Å². The third-order valence-corrected chi connectivity index (χ3v) is 4.48. The maximum atomic E-state index is 4.47. The molecule has 1 aromatic rings. The quantitative estimate of drug-likeness (QED) is 0.903. The van der Waals surface area contributed by atoms with E-state index in [0.29, 0.717) is 6.04 Å². The van der Waals surface area contributed by atoms with E-state index in [9.17, 15) is 0 Å². The Balaban J connectivity index is 2.06. The fourth-order valence-corrected chi connectivity index (χ4v) is 2.67. The summed E-state index contributed by atoms with van der Waals surface area (Å²) in [6, 6.07) is 6.77. The first kappa shape index (κ1) is 14.5. The predicted octanol–water partition coefficient (Wildman–Crippen LogP) is 2.68. The highest BCUT2D eigenvalue weighted by Crippen LogP contribution is 2.24. The molecule has 0 spiro atoms. The highest BCUT2D eigenvalue weighted by atomic mass is 15.3. The second-order valence-electron chi connectivity index (χ2n) is 6.39. The van der Waals surface area contributed by atoms with Gasteiger partial charge in [-0.05, 0) is 31.9 Å². The van der Waals surface area contributed by atoms with Crippen LogP contribution in [-0.2, 0) is 6.54 Å². The van der Waals surface area contributed by atoms with Crippen LogP contribution in [0.1, 0.15) is 39.8 Å². The molecule has 1 fully saturated rings. The number of rotatable bonds is 4. The standard InChI is InChI=1S/C16H27N3/c1-5-13(2)15-11-19(16(3,4)12-18-15)10-14-8-6-7-9-17-14/h6-9,13,15,18H,5,10-12H2,1-4H3. The molecule has 19 heavy (non-hydrogen) atoms. The average molecular weight is 261 g/mol. The van der Waals surface area contributed by atoms with Crippen LogP contribution in [0.25, 0.3) is 0 Å². The van der Waals surface area contributed by atoms with Crippen molar-refractivity contribution in [3.05, 3.63) is 30.1 Å². The maximum absolute atomic E-state index is 4.47. The van der Waals surface area contributed by atoms with E-state index in [1.54, 1.807) is 0 Å². The number of aromatic nitrogens is 1. The van der Waals surface area contributed by atoms with Gasteiger partial charge in [0.2, 0.25) is 0 Å². The van der Waals surface area contributed by atoms with Crippen LogP contribution in [0, 0.1) is 5.92 Å². The second-order valence-corrected chi connectivity index (χ2v) is 6.39. The summed E-state index contributed by atoms with van der Waals surface area (Å²) in [6.07, 6.45) is 3.12. The zero-order valence-electron chi connectivity index (χ0n) is 12.7. The van der Waals surface area contributed by atoms with Crippen LogP contribution in [0.15, 0.2) is 24.4 Å². The van der Waals surface area contributed by atoms with Gasteiger partial charge < -0.3 is 5.32 Å². The van der Waals surface area contributed by atoms with Crippen LogP contribution < -0.4 is 5.32 Å². The molecule has 0 saturated carbocycles. The molecule has 3 heteroatoms. The van der Waals surface area contributed by atoms with Crippen molar-refractivity contribution in [2.75, 3.05) is 13.1 Å². The molecule has 2 rings (SSSR count). The normalized spacial score (nSPS) is 25.2. The Bertz CT molecular complexity index is 388. The Kier molecular flexibility index (Phi) is 4.58. The highest BCUT2D eigenvalue weighted by molar-refractivity contribution is 5.05. The average Bonchev–Trinajstić information content (AvgIpc) is 2.41.